The highest BCUT2D eigenvalue weighted by molar-refractivity contribution is 8.26. The molecule has 0 bridgehead atoms. The third kappa shape index (κ3) is 3.72. The fourth-order valence-electron chi connectivity index (χ4n) is 2.83. The van der Waals surface area contributed by atoms with Crippen molar-refractivity contribution in [1.82, 2.24) is 14.3 Å². The molecule has 0 aliphatic carbocycles. The van der Waals surface area contributed by atoms with Gasteiger partial charge in [0.05, 0.1) is 9.93 Å². The molecule has 0 unspecified atom stereocenters. The number of nitrogens with zero attached hydrogens (tertiary/aromatic N) is 3. The minimum atomic E-state index is -0.384. The fourth-order valence-corrected chi connectivity index (χ4v) is 4.44. The second kappa shape index (κ2) is 8.03. The normalized spacial score (nSPS) is 15.5. The summed E-state index contributed by atoms with van der Waals surface area (Å²) in [4.78, 5) is 31.9. The first-order chi connectivity index (χ1) is 14.3. The van der Waals surface area contributed by atoms with E-state index in [2.05, 4.69) is 4.98 Å². The van der Waals surface area contributed by atoms with Crippen LogP contribution in [0.5, 0.6) is 11.6 Å². The van der Waals surface area contributed by atoms with E-state index in [0.29, 0.717) is 19.9 Å². The molecule has 0 saturated carbocycles. The maximum atomic E-state index is 13.3. The number of carbonyl (C=O) groups excluding carboxylic acids is 1. The largest absolute Gasteiger partial charge is 0.437 e. The van der Waals surface area contributed by atoms with Gasteiger partial charge in [-0.25, -0.2) is 0 Å². The molecule has 1 amide bonds. The lowest BCUT2D eigenvalue weighted by atomic mass is 10.2. The van der Waals surface area contributed by atoms with Crippen LogP contribution in [-0.4, -0.2) is 31.6 Å². The quantitative estimate of drug-likeness (QED) is 0.393. The first kappa shape index (κ1) is 20.9. The Bertz CT molecular complexity index is 1320. The monoisotopic (exact) mass is 477 g/mol. The molecule has 3 heterocycles. The van der Waals surface area contributed by atoms with Gasteiger partial charge in [0.2, 0.25) is 5.88 Å². The molecule has 2 aromatic heterocycles. The van der Waals surface area contributed by atoms with Gasteiger partial charge >= 0.3 is 0 Å². The van der Waals surface area contributed by atoms with E-state index in [0.717, 1.165) is 17.3 Å². The summed E-state index contributed by atoms with van der Waals surface area (Å²) >= 11 is 18.5. The average molecular weight is 478 g/mol. The summed E-state index contributed by atoms with van der Waals surface area (Å²) < 4.78 is 7.72. The summed E-state index contributed by atoms with van der Waals surface area (Å²) in [5.41, 5.74) is 0.944. The van der Waals surface area contributed by atoms with Gasteiger partial charge in [0.1, 0.15) is 21.3 Å². The van der Waals surface area contributed by atoms with Crippen molar-refractivity contribution in [1.29, 1.82) is 0 Å². The predicted octanol–water partition coefficient (Wildman–Crippen LogP) is 4.93. The van der Waals surface area contributed by atoms with E-state index in [9.17, 15) is 9.59 Å². The zero-order valence-corrected chi connectivity index (χ0v) is 18.8. The number of aryl methyl sites for hydroxylation is 1. The molecule has 0 N–H and O–H groups in total. The number of aromatic nitrogens is 2. The Hall–Kier alpha value is -2.39. The topological polar surface area (TPSA) is 63.9 Å². The minimum absolute atomic E-state index is 0.0277. The van der Waals surface area contributed by atoms with Crippen LogP contribution < -0.4 is 10.3 Å². The Labute approximate surface area is 191 Å². The first-order valence-electron chi connectivity index (χ1n) is 8.62. The third-order valence-electron chi connectivity index (χ3n) is 4.41. The fraction of sp³-hybridized carbons (Fsp3) is 0.100. The van der Waals surface area contributed by atoms with Gasteiger partial charge in [-0.05, 0) is 42.8 Å². The van der Waals surface area contributed by atoms with Crippen molar-refractivity contribution >= 4 is 69.1 Å². The van der Waals surface area contributed by atoms with E-state index >= 15 is 0 Å². The second-order valence-corrected chi connectivity index (χ2v) is 8.96. The van der Waals surface area contributed by atoms with Crippen molar-refractivity contribution in [3.05, 3.63) is 73.0 Å². The number of hydrogen-bond acceptors (Lipinski definition) is 6. The van der Waals surface area contributed by atoms with E-state index in [4.69, 9.17) is 40.2 Å². The molecule has 1 aliphatic rings. The van der Waals surface area contributed by atoms with Crippen LogP contribution in [0.3, 0.4) is 0 Å². The van der Waals surface area contributed by atoms with E-state index in [1.165, 1.54) is 21.4 Å². The van der Waals surface area contributed by atoms with Crippen molar-refractivity contribution in [2.24, 2.45) is 0 Å². The Morgan fingerprint density at radius 3 is 2.67 bits per heavy atom. The van der Waals surface area contributed by atoms with E-state index in [1.54, 1.807) is 31.4 Å². The minimum Gasteiger partial charge on any atom is -0.437 e. The van der Waals surface area contributed by atoms with E-state index in [-0.39, 0.29) is 33.7 Å². The zero-order chi connectivity index (χ0) is 21.6. The molecule has 1 aromatic carbocycles. The summed E-state index contributed by atoms with van der Waals surface area (Å²) in [6, 6.07) is 8.31. The van der Waals surface area contributed by atoms with Crippen LogP contribution in [0.25, 0.3) is 11.7 Å². The lowest BCUT2D eigenvalue weighted by Gasteiger charge is -2.12. The molecule has 0 spiro atoms. The Morgan fingerprint density at radius 1 is 1.23 bits per heavy atom. The van der Waals surface area contributed by atoms with Crippen molar-refractivity contribution in [3.63, 3.8) is 0 Å². The molecule has 1 saturated heterocycles. The number of pyridine rings is 1. The summed E-state index contributed by atoms with van der Waals surface area (Å²) in [7, 11) is 1.58. The number of likely N-dealkylation sites (N-methyl/N-ethyl adjacent to an activating group) is 1. The molecule has 0 radical (unpaired) electrons. The van der Waals surface area contributed by atoms with Gasteiger partial charge in [-0.15, -0.1) is 0 Å². The molecular formula is C20H13Cl2N3O3S2. The molecule has 10 heteroatoms. The number of carbonyl (C=O) groups is 1. The Kier molecular flexibility index (Phi) is 5.59. The molecule has 1 aliphatic heterocycles. The lowest BCUT2D eigenvalue weighted by molar-refractivity contribution is -0.121. The van der Waals surface area contributed by atoms with Crippen molar-refractivity contribution in [2.75, 3.05) is 7.05 Å². The zero-order valence-electron chi connectivity index (χ0n) is 15.7. The molecule has 0 atom stereocenters. The SMILES string of the molecule is Cc1cccn2c(=O)c(/C=C3\SC(=S)N(C)C3=O)c(Oc3ccc(Cl)cc3Cl)nc12. The Balaban J connectivity index is 1.94. The molecule has 1 fully saturated rings. The lowest BCUT2D eigenvalue weighted by Crippen LogP contribution is -2.23. The number of thioether (sulfide) groups is 1. The number of benzene rings is 1. The number of thiocarbonyl (C=S) groups is 1. The van der Waals surface area contributed by atoms with Gasteiger partial charge in [-0.1, -0.05) is 53.2 Å². The highest BCUT2D eigenvalue weighted by Gasteiger charge is 2.30. The second-order valence-electron chi connectivity index (χ2n) is 6.44. The highest BCUT2D eigenvalue weighted by Crippen LogP contribution is 2.35. The maximum Gasteiger partial charge on any atom is 0.269 e. The van der Waals surface area contributed by atoms with Crippen molar-refractivity contribution < 1.29 is 9.53 Å². The van der Waals surface area contributed by atoms with Crippen LogP contribution in [0.15, 0.2) is 46.2 Å². The van der Waals surface area contributed by atoms with Gasteiger partial charge in [-0.2, -0.15) is 4.98 Å². The highest BCUT2D eigenvalue weighted by atomic mass is 35.5. The first-order valence-corrected chi connectivity index (χ1v) is 10.6. The summed E-state index contributed by atoms with van der Waals surface area (Å²) in [6.45, 7) is 1.84. The predicted molar refractivity (Wildman–Crippen MR) is 124 cm³/mol. The van der Waals surface area contributed by atoms with Gasteiger partial charge in [0.25, 0.3) is 11.5 Å². The van der Waals surface area contributed by atoms with Crippen molar-refractivity contribution in [2.45, 2.75) is 6.92 Å². The maximum absolute atomic E-state index is 13.3. The molecule has 4 rings (SSSR count). The number of halogens is 2. The number of rotatable bonds is 3. The van der Waals surface area contributed by atoms with Crippen LogP contribution >= 0.6 is 47.2 Å². The number of hydrogen-bond donors (Lipinski definition) is 0. The van der Waals surface area contributed by atoms with Gasteiger partial charge in [-0.3, -0.25) is 18.9 Å². The number of ether oxygens (including phenoxy) is 1. The van der Waals surface area contributed by atoms with Crippen LogP contribution in [0.2, 0.25) is 10.0 Å². The third-order valence-corrected chi connectivity index (χ3v) is 6.43. The van der Waals surface area contributed by atoms with Gasteiger partial charge in [0, 0.05) is 18.3 Å². The smallest absolute Gasteiger partial charge is 0.269 e. The molecule has 3 aromatic rings. The summed E-state index contributed by atoms with van der Waals surface area (Å²) in [5, 5.41) is 0.710. The molecule has 30 heavy (non-hydrogen) atoms. The van der Waals surface area contributed by atoms with Crippen LogP contribution in [0.1, 0.15) is 11.1 Å². The van der Waals surface area contributed by atoms with Gasteiger partial charge < -0.3 is 4.74 Å². The average Bonchev–Trinajstić information content (AvgIpc) is 2.94. The van der Waals surface area contributed by atoms with Crippen LogP contribution in [0.4, 0.5) is 0 Å². The Morgan fingerprint density at radius 2 is 2.00 bits per heavy atom. The molecule has 6 nitrogen and oxygen atoms in total. The number of amides is 1. The molecule has 152 valence electrons. The van der Waals surface area contributed by atoms with E-state index in [1.807, 2.05) is 13.0 Å². The standard InChI is InChI=1S/C20H13Cl2N3O3S2/c1-10-4-3-7-25-16(10)23-17(28-14-6-5-11(21)8-13(14)22)12(18(25)26)9-15-19(27)24(2)20(29)30-15/h3-9H,1-2H3/b15-9-. The van der Waals surface area contributed by atoms with Crippen molar-refractivity contribution in [3.8, 4) is 11.6 Å². The summed E-state index contributed by atoms with van der Waals surface area (Å²) in [5.74, 6) is 0.0118. The van der Waals surface area contributed by atoms with E-state index < -0.39 is 0 Å². The summed E-state index contributed by atoms with van der Waals surface area (Å²) in [6.07, 6.45) is 3.06. The molecular weight excluding hydrogens is 465 g/mol. The number of fused-ring (bicyclic) bond motifs is 1. The van der Waals surface area contributed by atoms with Crippen LogP contribution in [0, 0.1) is 6.92 Å². The van der Waals surface area contributed by atoms with Gasteiger partial charge in [0.15, 0.2) is 0 Å². The van der Waals surface area contributed by atoms with Crippen LogP contribution in [-0.2, 0) is 4.79 Å².